The van der Waals surface area contributed by atoms with E-state index >= 15 is 0 Å². The van der Waals surface area contributed by atoms with Crippen molar-refractivity contribution in [2.75, 3.05) is 77.6 Å². The summed E-state index contributed by atoms with van der Waals surface area (Å²) >= 11 is 0. The molecule has 0 aliphatic carbocycles. The van der Waals surface area contributed by atoms with E-state index in [0.29, 0.717) is 49.7 Å². The summed E-state index contributed by atoms with van der Waals surface area (Å²) in [7, 11) is 5.88. The van der Waals surface area contributed by atoms with Gasteiger partial charge in [-0.15, -0.1) is 0 Å². The summed E-state index contributed by atoms with van der Waals surface area (Å²) in [6.45, 7) is 7.31. The van der Waals surface area contributed by atoms with Gasteiger partial charge in [0.05, 0.1) is 25.4 Å². The average Bonchev–Trinajstić information content (AvgIpc) is 3.35. The summed E-state index contributed by atoms with van der Waals surface area (Å²) in [5, 5.41) is 14.2. The number of nitrogens with zero attached hydrogens (tertiary/aromatic N) is 2. The summed E-state index contributed by atoms with van der Waals surface area (Å²) in [6.07, 6.45) is 3.87. The summed E-state index contributed by atoms with van der Waals surface area (Å²) < 4.78 is 17.8. The molecular formula is C37H49N3O6Si. The smallest absolute Gasteiger partial charge is 0.340 e. The van der Waals surface area contributed by atoms with Crippen LogP contribution in [-0.2, 0) is 19.8 Å². The Hall–Kier alpha value is -3.70. The fourth-order valence-electron chi connectivity index (χ4n) is 6.69. The Balaban J connectivity index is 1.38. The third kappa shape index (κ3) is 6.83. The lowest BCUT2D eigenvalue weighted by atomic mass is 9.78. The second kappa shape index (κ2) is 14.6. The number of unbranched alkanes of at least 4 members (excludes halogenated alkanes) is 3. The van der Waals surface area contributed by atoms with Crippen LogP contribution < -0.4 is 25.5 Å². The molecule has 47 heavy (non-hydrogen) atoms. The van der Waals surface area contributed by atoms with Gasteiger partial charge in [0.25, 0.3) is 5.91 Å². The van der Waals surface area contributed by atoms with Gasteiger partial charge in [0.2, 0.25) is 0 Å². The Kier molecular flexibility index (Phi) is 10.8. The van der Waals surface area contributed by atoms with Crippen molar-refractivity contribution < 1.29 is 28.9 Å². The first-order valence-corrected chi connectivity index (χ1v) is 19.6. The van der Waals surface area contributed by atoms with Crippen LogP contribution in [0.25, 0.3) is 0 Å². The highest BCUT2D eigenvalue weighted by atomic mass is 28.3. The molecule has 2 N–H and O–H groups in total. The highest BCUT2D eigenvalue weighted by Gasteiger charge is 2.56. The predicted octanol–water partition coefficient (Wildman–Crippen LogP) is 3.73. The summed E-state index contributed by atoms with van der Waals surface area (Å²) in [5.74, 6) is -0.624. The minimum absolute atomic E-state index is 0.234. The molecule has 0 saturated carbocycles. The van der Waals surface area contributed by atoms with Crippen molar-refractivity contribution in [3.8, 4) is 0 Å². The van der Waals surface area contributed by atoms with E-state index in [0.717, 1.165) is 48.2 Å². The van der Waals surface area contributed by atoms with Crippen LogP contribution in [0.3, 0.4) is 0 Å². The molecule has 0 aromatic heterocycles. The number of aliphatic hydroxyl groups is 1. The Bertz CT molecular complexity index is 1540. The van der Waals surface area contributed by atoms with E-state index in [4.69, 9.17) is 19.3 Å². The largest absolute Gasteiger partial charge is 0.441 e. The molecule has 0 unspecified atom stereocenters. The predicted molar refractivity (Wildman–Crippen MR) is 190 cm³/mol. The molecule has 0 fully saturated rings. The molecule has 10 heteroatoms. The van der Waals surface area contributed by atoms with Gasteiger partial charge in [-0.1, -0.05) is 38.1 Å². The Morgan fingerprint density at radius 1 is 0.787 bits per heavy atom. The number of carbonyl (C=O) groups excluding carboxylic acids is 2. The zero-order valence-corrected chi connectivity index (χ0v) is 29.7. The minimum atomic E-state index is -2.26. The summed E-state index contributed by atoms with van der Waals surface area (Å²) in [6, 6.07) is 18.1. The number of nitrogens with one attached hydrogen (secondary N) is 1. The quantitative estimate of drug-likeness (QED) is 0.145. The number of hydrogen-bond donors (Lipinski definition) is 2. The number of carbonyl (C=O) groups is 2. The monoisotopic (exact) mass is 659 g/mol. The number of ether oxygens (including phenoxy) is 3. The number of benzene rings is 3. The van der Waals surface area contributed by atoms with E-state index in [-0.39, 0.29) is 18.5 Å². The molecule has 2 aliphatic heterocycles. The van der Waals surface area contributed by atoms with Gasteiger partial charge in [-0.3, -0.25) is 4.79 Å². The normalized spacial score (nSPS) is 15.1. The van der Waals surface area contributed by atoms with Crippen LogP contribution in [0.15, 0.2) is 54.6 Å². The highest BCUT2D eigenvalue weighted by Crippen LogP contribution is 2.49. The van der Waals surface area contributed by atoms with Gasteiger partial charge in [-0.2, -0.15) is 0 Å². The van der Waals surface area contributed by atoms with Crippen molar-refractivity contribution in [3.05, 3.63) is 82.4 Å². The van der Waals surface area contributed by atoms with Gasteiger partial charge in [0, 0.05) is 81.6 Å². The summed E-state index contributed by atoms with van der Waals surface area (Å²) in [5.41, 5.74) is 4.59. The van der Waals surface area contributed by atoms with Gasteiger partial charge in [0.15, 0.2) is 5.60 Å². The lowest BCUT2D eigenvalue weighted by molar-refractivity contribution is 0.0255. The average molecular weight is 660 g/mol. The van der Waals surface area contributed by atoms with Crippen molar-refractivity contribution in [1.29, 1.82) is 0 Å². The topological polar surface area (TPSA) is 101 Å². The van der Waals surface area contributed by atoms with Crippen LogP contribution >= 0.6 is 0 Å². The number of rotatable bonds is 15. The van der Waals surface area contributed by atoms with Crippen LogP contribution in [0.4, 0.5) is 11.4 Å². The van der Waals surface area contributed by atoms with E-state index in [2.05, 4.69) is 64.6 Å². The van der Waals surface area contributed by atoms with Crippen LogP contribution in [0, 0.1) is 0 Å². The van der Waals surface area contributed by atoms with E-state index in [9.17, 15) is 9.59 Å². The Morgan fingerprint density at radius 3 is 1.98 bits per heavy atom. The zero-order chi connectivity index (χ0) is 33.8. The van der Waals surface area contributed by atoms with Gasteiger partial charge < -0.3 is 34.4 Å². The lowest BCUT2D eigenvalue weighted by Gasteiger charge is -2.44. The fourth-order valence-corrected chi connectivity index (χ4v) is 9.87. The number of hydrogen-bond acceptors (Lipinski definition) is 8. The molecule has 3 aromatic carbocycles. The van der Waals surface area contributed by atoms with Crippen molar-refractivity contribution in [2.45, 2.75) is 44.4 Å². The Labute approximate surface area is 279 Å². The van der Waals surface area contributed by atoms with E-state index in [1.807, 2.05) is 34.3 Å². The first-order chi connectivity index (χ1) is 22.5. The van der Waals surface area contributed by atoms with Crippen molar-refractivity contribution in [1.82, 2.24) is 5.32 Å². The maximum absolute atomic E-state index is 13.6. The molecule has 0 bridgehead atoms. The fraction of sp³-hybridized carbons (Fsp3) is 0.459. The lowest BCUT2D eigenvalue weighted by Crippen LogP contribution is -2.63. The number of amides is 1. The zero-order valence-electron chi connectivity index (χ0n) is 28.7. The molecule has 0 atom stereocenters. The standard InChI is InChI=1S/C37H49N3O6Si/c1-39(2)27-12-15-30-33(24-27)47(5,6)34-25-28(40(3)4)13-16-31(34)37(30)32-23-26(11-14-29(32)36(43)46-37)35(42)38-17-20-45-22-21-44-19-10-8-7-9-18-41/h11-16,23-25,41H,7-10,17-22H2,1-6H3,(H,38,42). The Morgan fingerprint density at radius 2 is 1.38 bits per heavy atom. The molecule has 5 rings (SSSR count). The highest BCUT2D eigenvalue weighted by molar-refractivity contribution is 7.01. The van der Waals surface area contributed by atoms with Crippen molar-refractivity contribution >= 4 is 41.7 Å². The molecule has 1 amide bonds. The minimum Gasteiger partial charge on any atom is -0.441 e. The van der Waals surface area contributed by atoms with Crippen LogP contribution in [-0.4, -0.2) is 92.8 Å². The number of esters is 1. The second-order valence-electron chi connectivity index (χ2n) is 13.3. The third-order valence-corrected chi connectivity index (χ3v) is 12.9. The molecular weight excluding hydrogens is 611 g/mol. The van der Waals surface area contributed by atoms with Gasteiger partial charge >= 0.3 is 5.97 Å². The van der Waals surface area contributed by atoms with Gasteiger partial charge in [0.1, 0.15) is 8.07 Å². The van der Waals surface area contributed by atoms with E-state index < -0.39 is 13.7 Å². The first kappa shape index (κ1) is 34.6. The molecule has 2 heterocycles. The molecule has 1 spiro atoms. The maximum Gasteiger partial charge on any atom is 0.340 e. The molecule has 2 aliphatic rings. The SMILES string of the molecule is CN(C)c1ccc2c(c1)[Si](C)(C)c1cc(N(C)C)ccc1C21OC(=O)c2ccc(C(=O)NCCOCCOCCCCCCO)cc21. The molecule has 3 aromatic rings. The summed E-state index contributed by atoms with van der Waals surface area (Å²) in [4.78, 5) is 31.2. The number of anilines is 2. The molecule has 0 radical (unpaired) electrons. The molecule has 0 saturated heterocycles. The van der Waals surface area contributed by atoms with Crippen LogP contribution in [0.5, 0.6) is 0 Å². The number of fused-ring (bicyclic) bond motifs is 6. The first-order valence-electron chi connectivity index (χ1n) is 16.6. The van der Waals surface area contributed by atoms with E-state index in [1.165, 1.54) is 10.4 Å². The second-order valence-corrected chi connectivity index (χ2v) is 17.7. The van der Waals surface area contributed by atoms with Crippen LogP contribution in [0.2, 0.25) is 13.1 Å². The molecule has 9 nitrogen and oxygen atoms in total. The maximum atomic E-state index is 13.6. The van der Waals surface area contributed by atoms with Crippen LogP contribution in [0.1, 0.15) is 63.1 Å². The van der Waals surface area contributed by atoms with Crippen molar-refractivity contribution in [2.24, 2.45) is 0 Å². The van der Waals surface area contributed by atoms with E-state index in [1.54, 1.807) is 12.1 Å². The third-order valence-electron chi connectivity index (χ3n) is 9.37. The van der Waals surface area contributed by atoms with Crippen molar-refractivity contribution in [3.63, 3.8) is 0 Å². The van der Waals surface area contributed by atoms with Gasteiger partial charge in [-0.05, 0) is 65.7 Å². The molecule has 252 valence electrons. The number of aliphatic hydroxyl groups excluding tert-OH is 1. The van der Waals surface area contributed by atoms with Gasteiger partial charge in [-0.25, -0.2) is 4.79 Å².